The molecule has 2 aromatic carbocycles. The molecule has 0 aliphatic carbocycles. The Balaban J connectivity index is 2.06. The largest absolute Gasteiger partial charge is 0.493 e. The fourth-order valence-corrected chi connectivity index (χ4v) is 2.24. The van der Waals surface area contributed by atoms with Gasteiger partial charge in [0.15, 0.2) is 11.5 Å². The van der Waals surface area contributed by atoms with Crippen molar-refractivity contribution in [2.24, 2.45) is 0 Å². The van der Waals surface area contributed by atoms with Crippen LogP contribution in [-0.2, 0) is 13.2 Å². The fourth-order valence-electron chi connectivity index (χ4n) is 2.24. The van der Waals surface area contributed by atoms with Crippen molar-refractivity contribution in [1.82, 2.24) is 5.32 Å². The van der Waals surface area contributed by atoms with Gasteiger partial charge in [-0.25, -0.2) is 0 Å². The minimum atomic E-state index is 0.0905. The summed E-state index contributed by atoms with van der Waals surface area (Å²) >= 11 is 0. The van der Waals surface area contributed by atoms with Gasteiger partial charge in [-0.15, -0.1) is 0 Å². The number of hydrogen-bond donors (Lipinski definition) is 1. The Morgan fingerprint density at radius 1 is 1.00 bits per heavy atom. The molecule has 0 atom stereocenters. The molecule has 0 aliphatic heterocycles. The third-order valence-electron chi connectivity index (χ3n) is 3.70. The van der Waals surface area contributed by atoms with Crippen LogP contribution in [0.15, 0.2) is 42.5 Å². The standard InChI is InChI=1S/C20H27NO2/c1-15-8-6-7-9-17(15)14-23-18-11-10-16(12-19(18)22-5)13-21-20(2,3)4/h6-12,21H,13-14H2,1-5H3. The van der Waals surface area contributed by atoms with E-state index in [2.05, 4.69) is 51.2 Å². The lowest BCUT2D eigenvalue weighted by molar-refractivity contribution is 0.283. The zero-order valence-corrected chi connectivity index (χ0v) is 14.8. The Morgan fingerprint density at radius 3 is 2.39 bits per heavy atom. The third-order valence-corrected chi connectivity index (χ3v) is 3.70. The number of nitrogens with one attached hydrogen (secondary N) is 1. The zero-order valence-electron chi connectivity index (χ0n) is 14.8. The van der Waals surface area contributed by atoms with E-state index in [1.54, 1.807) is 7.11 Å². The summed E-state index contributed by atoms with van der Waals surface area (Å²) in [4.78, 5) is 0. The van der Waals surface area contributed by atoms with Crippen molar-refractivity contribution >= 4 is 0 Å². The molecular formula is C20H27NO2. The highest BCUT2D eigenvalue weighted by Gasteiger charge is 2.11. The highest BCUT2D eigenvalue weighted by atomic mass is 16.5. The summed E-state index contributed by atoms with van der Waals surface area (Å²) in [5, 5.41) is 3.48. The molecule has 0 saturated carbocycles. The van der Waals surface area contributed by atoms with Gasteiger partial charge in [0.1, 0.15) is 6.61 Å². The van der Waals surface area contributed by atoms with Crippen LogP contribution in [0.3, 0.4) is 0 Å². The second-order valence-corrected chi connectivity index (χ2v) is 6.80. The second-order valence-electron chi connectivity index (χ2n) is 6.80. The van der Waals surface area contributed by atoms with Gasteiger partial charge >= 0.3 is 0 Å². The number of ether oxygens (including phenoxy) is 2. The van der Waals surface area contributed by atoms with E-state index in [4.69, 9.17) is 9.47 Å². The zero-order chi connectivity index (χ0) is 16.9. The average Bonchev–Trinajstić information content (AvgIpc) is 2.52. The second kappa shape index (κ2) is 7.51. The van der Waals surface area contributed by atoms with Crippen LogP contribution in [0.1, 0.15) is 37.5 Å². The van der Waals surface area contributed by atoms with Crippen LogP contribution in [0.5, 0.6) is 11.5 Å². The molecule has 3 nitrogen and oxygen atoms in total. The van der Waals surface area contributed by atoms with Gasteiger partial charge < -0.3 is 14.8 Å². The monoisotopic (exact) mass is 313 g/mol. The van der Waals surface area contributed by atoms with Gasteiger partial charge in [0.2, 0.25) is 0 Å². The van der Waals surface area contributed by atoms with E-state index in [0.29, 0.717) is 6.61 Å². The summed E-state index contributed by atoms with van der Waals surface area (Å²) in [5.41, 5.74) is 3.69. The lowest BCUT2D eigenvalue weighted by Crippen LogP contribution is -2.35. The molecule has 0 aromatic heterocycles. The maximum Gasteiger partial charge on any atom is 0.161 e. The van der Waals surface area contributed by atoms with Crippen molar-refractivity contribution in [2.75, 3.05) is 7.11 Å². The van der Waals surface area contributed by atoms with Crippen LogP contribution in [0.2, 0.25) is 0 Å². The van der Waals surface area contributed by atoms with E-state index in [9.17, 15) is 0 Å². The molecule has 0 fully saturated rings. The van der Waals surface area contributed by atoms with E-state index < -0.39 is 0 Å². The quantitative estimate of drug-likeness (QED) is 0.853. The summed E-state index contributed by atoms with van der Waals surface area (Å²) in [5.74, 6) is 1.54. The Morgan fingerprint density at radius 2 is 1.74 bits per heavy atom. The molecular weight excluding hydrogens is 286 g/mol. The Hall–Kier alpha value is -2.00. The number of aryl methyl sites for hydroxylation is 1. The van der Waals surface area contributed by atoms with Crippen LogP contribution in [-0.4, -0.2) is 12.6 Å². The van der Waals surface area contributed by atoms with Crippen molar-refractivity contribution in [1.29, 1.82) is 0 Å². The first kappa shape index (κ1) is 17.4. The number of rotatable bonds is 6. The molecule has 1 N–H and O–H groups in total. The van der Waals surface area contributed by atoms with Gasteiger partial charge in [0, 0.05) is 12.1 Å². The predicted molar refractivity (Wildman–Crippen MR) is 95.1 cm³/mol. The summed E-state index contributed by atoms with van der Waals surface area (Å²) in [6, 6.07) is 14.3. The van der Waals surface area contributed by atoms with Crippen LogP contribution >= 0.6 is 0 Å². The summed E-state index contributed by atoms with van der Waals surface area (Å²) < 4.78 is 11.4. The van der Waals surface area contributed by atoms with Crippen molar-refractivity contribution in [3.63, 3.8) is 0 Å². The molecule has 2 rings (SSSR count). The predicted octanol–water partition coefficient (Wildman–Crippen LogP) is 4.47. The first-order valence-corrected chi connectivity index (χ1v) is 7.98. The maximum absolute atomic E-state index is 5.95. The van der Waals surface area contributed by atoms with E-state index in [1.807, 2.05) is 24.3 Å². The SMILES string of the molecule is COc1cc(CNC(C)(C)C)ccc1OCc1ccccc1C. The van der Waals surface area contributed by atoms with E-state index in [0.717, 1.165) is 18.0 Å². The number of benzene rings is 2. The minimum Gasteiger partial charge on any atom is -0.493 e. The molecule has 0 radical (unpaired) electrons. The number of hydrogen-bond acceptors (Lipinski definition) is 3. The molecule has 0 spiro atoms. The highest BCUT2D eigenvalue weighted by Crippen LogP contribution is 2.29. The van der Waals surface area contributed by atoms with Crippen molar-refractivity contribution in [3.05, 3.63) is 59.2 Å². The molecule has 0 amide bonds. The normalized spacial score (nSPS) is 11.3. The average molecular weight is 313 g/mol. The topological polar surface area (TPSA) is 30.5 Å². The summed E-state index contributed by atoms with van der Waals surface area (Å²) in [6.45, 7) is 9.91. The van der Waals surface area contributed by atoms with Gasteiger partial charge in [-0.1, -0.05) is 30.3 Å². The van der Waals surface area contributed by atoms with Gasteiger partial charge in [0.05, 0.1) is 7.11 Å². The third kappa shape index (κ3) is 5.29. The van der Waals surface area contributed by atoms with Crippen LogP contribution in [0, 0.1) is 6.92 Å². The van der Waals surface area contributed by atoms with E-state index in [1.165, 1.54) is 16.7 Å². The molecule has 2 aromatic rings. The maximum atomic E-state index is 5.95. The van der Waals surface area contributed by atoms with E-state index in [-0.39, 0.29) is 5.54 Å². The Bertz CT molecular complexity index is 644. The van der Waals surface area contributed by atoms with Crippen LogP contribution in [0.25, 0.3) is 0 Å². The Labute approximate surface area is 139 Å². The molecule has 23 heavy (non-hydrogen) atoms. The van der Waals surface area contributed by atoms with E-state index >= 15 is 0 Å². The smallest absolute Gasteiger partial charge is 0.161 e. The highest BCUT2D eigenvalue weighted by molar-refractivity contribution is 5.43. The van der Waals surface area contributed by atoms with Gasteiger partial charge in [0.25, 0.3) is 0 Å². The summed E-state index contributed by atoms with van der Waals surface area (Å²) in [7, 11) is 1.68. The number of methoxy groups -OCH3 is 1. The molecule has 0 unspecified atom stereocenters. The van der Waals surface area contributed by atoms with Crippen LogP contribution in [0.4, 0.5) is 0 Å². The van der Waals surface area contributed by atoms with Crippen molar-refractivity contribution < 1.29 is 9.47 Å². The lowest BCUT2D eigenvalue weighted by Gasteiger charge is -2.21. The molecule has 0 saturated heterocycles. The van der Waals surface area contributed by atoms with Crippen molar-refractivity contribution in [2.45, 2.75) is 46.4 Å². The van der Waals surface area contributed by atoms with Crippen LogP contribution < -0.4 is 14.8 Å². The Kier molecular flexibility index (Phi) is 5.67. The first-order valence-electron chi connectivity index (χ1n) is 7.98. The molecule has 0 heterocycles. The minimum absolute atomic E-state index is 0.0905. The summed E-state index contributed by atoms with van der Waals surface area (Å²) in [6.07, 6.45) is 0. The fraction of sp³-hybridized carbons (Fsp3) is 0.400. The molecule has 0 aliphatic rings. The molecule has 3 heteroatoms. The lowest BCUT2D eigenvalue weighted by atomic mass is 10.1. The van der Waals surface area contributed by atoms with Gasteiger partial charge in [-0.2, -0.15) is 0 Å². The van der Waals surface area contributed by atoms with Gasteiger partial charge in [-0.3, -0.25) is 0 Å². The van der Waals surface area contributed by atoms with Crippen molar-refractivity contribution in [3.8, 4) is 11.5 Å². The molecule has 0 bridgehead atoms. The first-order chi connectivity index (χ1) is 10.9. The van der Waals surface area contributed by atoms with Gasteiger partial charge in [-0.05, 0) is 56.5 Å². The molecule has 124 valence electrons.